The van der Waals surface area contributed by atoms with E-state index in [1.165, 1.54) is 12.1 Å². The summed E-state index contributed by atoms with van der Waals surface area (Å²) in [7, 11) is 0. The zero-order valence-electron chi connectivity index (χ0n) is 15.5. The normalized spacial score (nSPS) is 12.4. The lowest BCUT2D eigenvalue weighted by Gasteiger charge is -2.16. The summed E-state index contributed by atoms with van der Waals surface area (Å²) in [6.45, 7) is -0.0902. The number of para-hydroxylation sites is 1. The lowest BCUT2D eigenvalue weighted by Crippen LogP contribution is -2.29. The van der Waals surface area contributed by atoms with Gasteiger partial charge in [0, 0.05) is 23.5 Å². The van der Waals surface area contributed by atoms with E-state index in [-0.39, 0.29) is 29.6 Å². The van der Waals surface area contributed by atoms with Crippen LogP contribution in [0.25, 0.3) is 0 Å². The Bertz CT molecular complexity index is 1010. The lowest BCUT2D eigenvalue weighted by atomic mass is 9.99. The zero-order valence-corrected chi connectivity index (χ0v) is 16.3. The van der Waals surface area contributed by atoms with Gasteiger partial charge >= 0.3 is 6.18 Å². The molecule has 1 amide bonds. The first kappa shape index (κ1) is 21.6. The van der Waals surface area contributed by atoms with Gasteiger partial charge in [0.05, 0.1) is 12.2 Å². The van der Waals surface area contributed by atoms with Crippen molar-refractivity contribution in [1.82, 2.24) is 10.3 Å². The Labute approximate surface area is 174 Å². The Morgan fingerprint density at radius 3 is 2.43 bits per heavy atom. The van der Waals surface area contributed by atoms with E-state index >= 15 is 0 Å². The number of nitrogens with one attached hydrogen (secondary N) is 2. The van der Waals surface area contributed by atoms with E-state index in [0.29, 0.717) is 5.69 Å². The van der Waals surface area contributed by atoms with Crippen LogP contribution in [0.2, 0.25) is 0 Å². The number of aromatic nitrogens is 1. The maximum Gasteiger partial charge on any atom is 0.434 e. The molecule has 1 aromatic heterocycles. The summed E-state index contributed by atoms with van der Waals surface area (Å²) in [4.78, 5) is 15.7. The number of hydrogen-bond donors (Lipinski definition) is 4. The van der Waals surface area contributed by atoms with E-state index in [0.717, 1.165) is 22.3 Å². The maximum absolute atomic E-state index is 12.6. The number of thiazole rings is 1. The Morgan fingerprint density at radius 2 is 1.83 bits per heavy atom. The van der Waals surface area contributed by atoms with Crippen molar-refractivity contribution in [3.05, 3.63) is 70.7 Å². The number of rotatable bonds is 7. The molecule has 158 valence electrons. The first-order valence-electron chi connectivity index (χ1n) is 8.84. The summed E-state index contributed by atoms with van der Waals surface area (Å²) in [6, 6.07) is 12.8. The van der Waals surface area contributed by atoms with Crippen LogP contribution >= 0.6 is 11.3 Å². The molecular weight excluding hydrogens is 419 g/mol. The molecule has 10 heteroatoms. The van der Waals surface area contributed by atoms with Crippen molar-refractivity contribution in [1.29, 1.82) is 0 Å². The van der Waals surface area contributed by atoms with Crippen LogP contribution in [0.4, 0.5) is 24.0 Å². The number of amides is 1. The topological polar surface area (TPSA) is 94.5 Å². The summed E-state index contributed by atoms with van der Waals surface area (Å²) in [5, 5.41) is 25.9. The molecule has 1 heterocycles. The lowest BCUT2D eigenvalue weighted by molar-refractivity contribution is -0.140. The summed E-state index contributed by atoms with van der Waals surface area (Å²) < 4.78 is 37.9. The van der Waals surface area contributed by atoms with Crippen molar-refractivity contribution in [2.45, 2.75) is 12.1 Å². The summed E-state index contributed by atoms with van der Waals surface area (Å²) in [5.74, 6) is -0.999. The van der Waals surface area contributed by atoms with Crippen LogP contribution in [-0.2, 0) is 6.18 Å². The number of hydrogen-bond acceptors (Lipinski definition) is 6. The number of halogens is 3. The van der Waals surface area contributed by atoms with Crippen molar-refractivity contribution in [2.24, 2.45) is 0 Å². The Morgan fingerprint density at radius 1 is 1.13 bits per heavy atom. The first-order chi connectivity index (χ1) is 14.3. The van der Waals surface area contributed by atoms with Crippen molar-refractivity contribution in [3.63, 3.8) is 0 Å². The number of benzene rings is 2. The smallest absolute Gasteiger partial charge is 0.434 e. The van der Waals surface area contributed by atoms with Crippen LogP contribution in [0.5, 0.6) is 5.75 Å². The van der Waals surface area contributed by atoms with E-state index in [1.54, 1.807) is 36.4 Å². The van der Waals surface area contributed by atoms with Gasteiger partial charge in [-0.1, -0.05) is 24.3 Å². The molecule has 6 nitrogen and oxygen atoms in total. The second kappa shape index (κ2) is 9.14. The number of carbonyl (C=O) groups is 1. The fourth-order valence-electron chi connectivity index (χ4n) is 2.69. The second-order valence-corrected chi connectivity index (χ2v) is 7.25. The molecule has 0 radical (unpaired) electrons. The molecule has 0 aliphatic heterocycles. The molecule has 0 aliphatic rings. The molecule has 1 atom stereocenters. The highest BCUT2D eigenvalue weighted by atomic mass is 32.1. The van der Waals surface area contributed by atoms with E-state index in [1.807, 2.05) is 0 Å². The van der Waals surface area contributed by atoms with Gasteiger partial charge in [-0.25, -0.2) is 4.98 Å². The minimum absolute atomic E-state index is 0.115. The average Bonchev–Trinajstić information content (AvgIpc) is 3.19. The number of alkyl halides is 3. The number of aliphatic hydroxyl groups excluding tert-OH is 1. The molecule has 0 bridgehead atoms. The Kier molecular flexibility index (Phi) is 6.58. The van der Waals surface area contributed by atoms with Crippen molar-refractivity contribution in [3.8, 4) is 5.75 Å². The minimum Gasteiger partial charge on any atom is -0.507 e. The summed E-state index contributed by atoms with van der Waals surface area (Å²) in [5.41, 5.74) is 0.454. The molecule has 3 aromatic rings. The molecule has 30 heavy (non-hydrogen) atoms. The van der Waals surface area contributed by atoms with Crippen LogP contribution in [-0.4, -0.2) is 34.3 Å². The van der Waals surface area contributed by atoms with Gasteiger partial charge in [0.1, 0.15) is 5.75 Å². The molecule has 0 aliphatic carbocycles. The highest BCUT2D eigenvalue weighted by molar-refractivity contribution is 7.13. The van der Waals surface area contributed by atoms with Crippen molar-refractivity contribution in [2.75, 3.05) is 18.5 Å². The third kappa shape index (κ3) is 5.28. The summed E-state index contributed by atoms with van der Waals surface area (Å²) >= 11 is 0.846. The van der Waals surface area contributed by atoms with Crippen molar-refractivity contribution < 1.29 is 28.2 Å². The van der Waals surface area contributed by atoms with Crippen LogP contribution in [0.15, 0.2) is 53.9 Å². The highest BCUT2D eigenvalue weighted by Crippen LogP contribution is 2.32. The number of nitrogens with zero attached hydrogens (tertiary/aromatic N) is 1. The molecule has 1 unspecified atom stereocenters. The number of phenolic OH excluding ortho intramolecular Hbond substituents is 1. The maximum atomic E-state index is 12.6. The number of phenols is 1. The first-order valence-corrected chi connectivity index (χ1v) is 9.72. The van der Waals surface area contributed by atoms with E-state index in [4.69, 9.17) is 0 Å². The highest BCUT2D eigenvalue weighted by Gasteiger charge is 2.33. The largest absolute Gasteiger partial charge is 0.507 e. The molecular formula is C20H18F3N3O3S. The molecule has 0 saturated heterocycles. The molecule has 4 N–H and O–H groups in total. The van der Waals surface area contributed by atoms with E-state index in [9.17, 15) is 28.2 Å². The quantitative estimate of drug-likeness (QED) is 0.446. The van der Waals surface area contributed by atoms with Crippen LogP contribution in [0, 0.1) is 0 Å². The van der Waals surface area contributed by atoms with Gasteiger partial charge in [-0.15, -0.1) is 11.3 Å². The number of aromatic hydroxyl groups is 1. The fourth-order valence-corrected chi connectivity index (χ4v) is 3.43. The third-order valence-electron chi connectivity index (χ3n) is 4.31. The van der Waals surface area contributed by atoms with E-state index < -0.39 is 23.7 Å². The van der Waals surface area contributed by atoms with Gasteiger partial charge in [0.25, 0.3) is 5.91 Å². The number of carbonyl (C=O) groups excluding carboxylic acids is 1. The molecule has 0 saturated carbocycles. The standard InChI is InChI=1S/C20H18F3N3O3S/c21-20(22,23)17-11-30-19(26-17)25-14-7-5-12(6-8-14)13(10-27)9-24-18(29)15-3-1-2-4-16(15)28/h1-8,11,13,27-28H,9-10H2,(H,24,29)(H,25,26). The van der Waals surface area contributed by atoms with Crippen molar-refractivity contribution >= 4 is 28.1 Å². The third-order valence-corrected chi connectivity index (χ3v) is 5.06. The predicted molar refractivity (Wildman–Crippen MR) is 107 cm³/mol. The van der Waals surface area contributed by atoms with Crippen LogP contribution in [0.3, 0.4) is 0 Å². The molecule has 2 aromatic carbocycles. The summed E-state index contributed by atoms with van der Waals surface area (Å²) in [6.07, 6.45) is -4.49. The minimum atomic E-state index is -4.49. The Balaban J connectivity index is 1.61. The number of anilines is 2. The van der Waals surface area contributed by atoms with Gasteiger partial charge in [0.2, 0.25) is 0 Å². The molecule has 0 fully saturated rings. The Hall–Kier alpha value is -3.11. The predicted octanol–water partition coefficient (Wildman–Crippen LogP) is 4.12. The zero-order chi connectivity index (χ0) is 21.7. The van der Waals surface area contributed by atoms with Gasteiger partial charge in [-0.05, 0) is 29.8 Å². The van der Waals surface area contributed by atoms with E-state index in [2.05, 4.69) is 15.6 Å². The number of aliphatic hydroxyl groups is 1. The molecule has 3 rings (SSSR count). The van der Waals surface area contributed by atoms with Crippen LogP contribution in [0.1, 0.15) is 27.5 Å². The average molecular weight is 437 g/mol. The molecule has 0 spiro atoms. The SMILES string of the molecule is O=C(NCC(CO)c1ccc(Nc2nc(C(F)(F)F)cs2)cc1)c1ccccc1O. The van der Waals surface area contributed by atoms with Gasteiger partial charge in [-0.3, -0.25) is 4.79 Å². The van der Waals surface area contributed by atoms with Gasteiger partial charge in [0.15, 0.2) is 10.8 Å². The van der Waals surface area contributed by atoms with Gasteiger partial charge < -0.3 is 20.8 Å². The van der Waals surface area contributed by atoms with Gasteiger partial charge in [-0.2, -0.15) is 13.2 Å². The van der Waals surface area contributed by atoms with Crippen LogP contribution < -0.4 is 10.6 Å². The second-order valence-electron chi connectivity index (χ2n) is 6.39. The monoisotopic (exact) mass is 437 g/mol. The fraction of sp³-hybridized carbons (Fsp3) is 0.200.